The fourth-order valence-electron chi connectivity index (χ4n) is 1.57. The van der Waals surface area contributed by atoms with Crippen molar-refractivity contribution < 1.29 is 38.1 Å². The molecule has 0 spiro atoms. The van der Waals surface area contributed by atoms with E-state index in [1.54, 1.807) is 13.8 Å². The molecule has 0 N–H and O–H groups in total. The van der Waals surface area contributed by atoms with Crippen LogP contribution in [0, 0.1) is 0 Å². The second-order valence-electron chi connectivity index (χ2n) is 5.54. The molecule has 26 heavy (non-hydrogen) atoms. The number of esters is 3. The molecule has 3 unspecified atom stereocenters. The van der Waals surface area contributed by atoms with Crippen LogP contribution < -0.4 is 0 Å². The van der Waals surface area contributed by atoms with Crippen LogP contribution >= 0.6 is 0 Å². The minimum Gasteiger partial charge on any atom is -0.462 e. The molecule has 0 aliphatic heterocycles. The average molecular weight is 372 g/mol. The number of ether oxygens (including phenoxy) is 5. The van der Waals surface area contributed by atoms with Crippen LogP contribution in [0.1, 0.15) is 27.2 Å². The summed E-state index contributed by atoms with van der Waals surface area (Å²) in [6, 6.07) is 0. The van der Waals surface area contributed by atoms with E-state index in [0.29, 0.717) is 6.61 Å². The second-order valence-corrected chi connectivity index (χ2v) is 5.54. The smallest absolute Gasteiger partial charge is 0.330 e. The van der Waals surface area contributed by atoms with Crippen LogP contribution in [0.25, 0.3) is 0 Å². The summed E-state index contributed by atoms with van der Waals surface area (Å²) in [7, 11) is 0. The van der Waals surface area contributed by atoms with Gasteiger partial charge in [0.25, 0.3) is 0 Å². The number of hydrogen-bond acceptors (Lipinski definition) is 8. The van der Waals surface area contributed by atoms with Crippen LogP contribution in [0.4, 0.5) is 0 Å². The monoisotopic (exact) mass is 372 g/mol. The predicted octanol–water partition coefficient (Wildman–Crippen LogP) is 1.58. The highest BCUT2D eigenvalue weighted by Crippen LogP contribution is 2.02. The lowest BCUT2D eigenvalue weighted by Gasteiger charge is -2.19. The first-order valence-corrected chi connectivity index (χ1v) is 8.29. The van der Waals surface area contributed by atoms with Crippen LogP contribution in [0.5, 0.6) is 0 Å². The molecule has 0 heterocycles. The van der Waals surface area contributed by atoms with E-state index in [-0.39, 0.29) is 38.4 Å². The fourth-order valence-corrected chi connectivity index (χ4v) is 1.57. The molecule has 0 aliphatic carbocycles. The van der Waals surface area contributed by atoms with E-state index < -0.39 is 24.0 Å². The van der Waals surface area contributed by atoms with Gasteiger partial charge in [-0.15, -0.1) is 0 Å². The van der Waals surface area contributed by atoms with Crippen molar-refractivity contribution in [1.82, 2.24) is 0 Å². The van der Waals surface area contributed by atoms with Crippen LogP contribution in [-0.4, -0.2) is 62.6 Å². The fraction of sp³-hybridized carbons (Fsp3) is 0.611. The summed E-state index contributed by atoms with van der Waals surface area (Å²) in [5, 5.41) is 0. The van der Waals surface area contributed by atoms with Gasteiger partial charge in [-0.1, -0.05) is 13.2 Å². The molecule has 0 saturated heterocycles. The zero-order valence-corrected chi connectivity index (χ0v) is 15.6. The predicted molar refractivity (Wildman–Crippen MR) is 93.3 cm³/mol. The molecule has 0 aliphatic rings. The van der Waals surface area contributed by atoms with E-state index in [2.05, 4.69) is 13.2 Å². The minimum atomic E-state index is -0.587. The number of hydrogen-bond donors (Lipinski definition) is 0. The van der Waals surface area contributed by atoms with Gasteiger partial charge in [-0.25, -0.2) is 9.59 Å². The summed E-state index contributed by atoms with van der Waals surface area (Å²) in [6.07, 6.45) is 1.11. The van der Waals surface area contributed by atoms with E-state index in [4.69, 9.17) is 23.7 Å². The van der Waals surface area contributed by atoms with Crippen LogP contribution in [-0.2, 0) is 38.1 Å². The molecule has 0 saturated carbocycles. The van der Waals surface area contributed by atoms with Crippen molar-refractivity contribution in [2.45, 2.75) is 45.5 Å². The Morgan fingerprint density at radius 1 is 0.808 bits per heavy atom. The van der Waals surface area contributed by atoms with E-state index in [1.165, 1.54) is 0 Å². The summed E-state index contributed by atoms with van der Waals surface area (Å²) in [4.78, 5) is 33.3. The van der Waals surface area contributed by atoms with Gasteiger partial charge in [-0.2, -0.15) is 0 Å². The second kappa shape index (κ2) is 14.0. The third kappa shape index (κ3) is 13.1. The SMILES string of the molecule is C=CC(=O)OCCC(=O)OC(C)COC(C)COC(C)COC(=O)C=C. The molecule has 8 heteroatoms. The molecular weight excluding hydrogens is 344 g/mol. The molecule has 0 radical (unpaired) electrons. The lowest BCUT2D eigenvalue weighted by molar-refractivity contribution is -0.155. The molecule has 0 bridgehead atoms. The largest absolute Gasteiger partial charge is 0.462 e. The lowest BCUT2D eigenvalue weighted by Crippen LogP contribution is -2.28. The minimum absolute atomic E-state index is 0.0382. The van der Waals surface area contributed by atoms with Crippen molar-refractivity contribution >= 4 is 17.9 Å². The Kier molecular flexibility index (Phi) is 12.8. The summed E-state index contributed by atoms with van der Waals surface area (Å²) in [5.41, 5.74) is 0. The van der Waals surface area contributed by atoms with E-state index in [0.717, 1.165) is 12.2 Å². The zero-order chi connectivity index (χ0) is 19.9. The van der Waals surface area contributed by atoms with Crippen molar-refractivity contribution in [2.75, 3.05) is 26.4 Å². The van der Waals surface area contributed by atoms with Crippen molar-refractivity contribution in [2.24, 2.45) is 0 Å². The molecule has 0 aromatic heterocycles. The Morgan fingerprint density at radius 3 is 1.88 bits per heavy atom. The van der Waals surface area contributed by atoms with Crippen LogP contribution in [0.2, 0.25) is 0 Å². The molecular formula is C18H28O8. The van der Waals surface area contributed by atoms with Gasteiger partial charge in [-0.3, -0.25) is 4.79 Å². The quantitative estimate of drug-likeness (QED) is 0.257. The maximum Gasteiger partial charge on any atom is 0.330 e. The molecule has 0 fully saturated rings. The summed E-state index contributed by atoms with van der Waals surface area (Å²) in [6.45, 7) is 12.4. The number of carbonyl (C=O) groups is 3. The third-order valence-electron chi connectivity index (χ3n) is 2.91. The van der Waals surface area contributed by atoms with E-state index in [9.17, 15) is 14.4 Å². The first kappa shape index (κ1) is 23.8. The van der Waals surface area contributed by atoms with Gasteiger partial charge in [-0.05, 0) is 20.8 Å². The van der Waals surface area contributed by atoms with Gasteiger partial charge in [0, 0.05) is 12.2 Å². The summed E-state index contributed by atoms with van der Waals surface area (Å²) < 4.78 is 25.7. The number of rotatable bonds is 14. The number of carbonyl (C=O) groups excluding carboxylic acids is 3. The standard InChI is InChI=1S/C18H28O8/c1-6-16(19)22-9-8-18(21)26-15(5)12-24-13(3)10-23-14(4)11-25-17(20)7-2/h6-7,13-15H,1-2,8-12H2,3-5H3. The molecule has 3 atom stereocenters. The van der Waals surface area contributed by atoms with E-state index in [1.807, 2.05) is 6.92 Å². The van der Waals surface area contributed by atoms with Crippen molar-refractivity contribution in [3.05, 3.63) is 25.3 Å². The third-order valence-corrected chi connectivity index (χ3v) is 2.91. The van der Waals surface area contributed by atoms with Crippen molar-refractivity contribution in [3.8, 4) is 0 Å². The topological polar surface area (TPSA) is 97.4 Å². The Labute approximate surface area is 154 Å². The van der Waals surface area contributed by atoms with Gasteiger partial charge < -0.3 is 23.7 Å². The maximum absolute atomic E-state index is 11.6. The summed E-state index contributed by atoms with van der Waals surface area (Å²) >= 11 is 0. The highest BCUT2D eigenvalue weighted by atomic mass is 16.6. The van der Waals surface area contributed by atoms with Gasteiger partial charge in [0.15, 0.2) is 0 Å². The molecule has 0 rings (SSSR count). The van der Waals surface area contributed by atoms with Gasteiger partial charge in [0.05, 0.1) is 31.8 Å². The Bertz CT molecular complexity index is 474. The first-order chi connectivity index (χ1) is 12.3. The lowest BCUT2D eigenvalue weighted by atomic mass is 10.3. The maximum atomic E-state index is 11.6. The van der Waals surface area contributed by atoms with Crippen molar-refractivity contribution in [1.29, 1.82) is 0 Å². The first-order valence-electron chi connectivity index (χ1n) is 8.29. The Hall–Kier alpha value is -2.19. The summed E-state index contributed by atoms with van der Waals surface area (Å²) in [5.74, 6) is -1.57. The molecule has 0 amide bonds. The Morgan fingerprint density at radius 2 is 1.31 bits per heavy atom. The Balaban J connectivity index is 3.82. The molecule has 8 nitrogen and oxygen atoms in total. The highest BCUT2D eigenvalue weighted by molar-refractivity contribution is 5.81. The average Bonchev–Trinajstić information content (AvgIpc) is 2.62. The van der Waals surface area contributed by atoms with Crippen LogP contribution in [0.3, 0.4) is 0 Å². The van der Waals surface area contributed by atoms with Gasteiger partial charge in [0.1, 0.15) is 19.3 Å². The van der Waals surface area contributed by atoms with Gasteiger partial charge >= 0.3 is 17.9 Å². The zero-order valence-electron chi connectivity index (χ0n) is 15.6. The van der Waals surface area contributed by atoms with Crippen LogP contribution in [0.15, 0.2) is 25.3 Å². The molecule has 0 aromatic rings. The molecule has 0 aromatic carbocycles. The van der Waals surface area contributed by atoms with Gasteiger partial charge in [0.2, 0.25) is 0 Å². The normalized spacial score (nSPS) is 13.8. The van der Waals surface area contributed by atoms with E-state index >= 15 is 0 Å². The molecule has 148 valence electrons. The highest BCUT2D eigenvalue weighted by Gasteiger charge is 2.14. The van der Waals surface area contributed by atoms with Crippen molar-refractivity contribution in [3.63, 3.8) is 0 Å².